The minimum Gasteiger partial charge on any atom is -0.506 e. The van der Waals surface area contributed by atoms with Gasteiger partial charge in [0.1, 0.15) is 11.6 Å². The number of nitrogens with one attached hydrogen (secondary N) is 1. The zero-order valence-corrected chi connectivity index (χ0v) is 9.49. The molecule has 1 aromatic rings. The van der Waals surface area contributed by atoms with E-state index in [2.05, 4.69) is 5.32 Å². The molecule has 4 nitrogen and oxygen atoms in total. The van der Waals surface area contributed by atoms with E-state index < -0.39 is 5.82 Å². The molecule has 0 aromatic heterocycles. The first-order valence-electron chi connectivity index (χ1n) is 4.87. The van der Waals surface area contributed by atoms with E-state index in [9.17, 15) is 14.3 Å². The summed E-state index contributed by atoms with van der Waals surface area (Å²) in [7, 11) is 3.52. The molecule has 88 valence electrons. The van der Waals surface area contributed by atoms with E-state index in [0.717, 1.165) is 12.1 Å². The molecule has 1 rings (SSSR count). The van der Waals surface area contributed by atoms with Gasteiger partial charge in [0.05, 0.1) is 11.7 Å². The molecule has 1 amide bonds. The Labute approximate surface area is 93.7 Å². The van der Waals surface area contributed by atoms with Crippen molar-refractivity contribution in [1.82, 2.24) is 4.90 Å². The molecule has 0 aliphatic rings. The summed E-state index contributed by atoms with van der Waals surface area (Å²) in [5.41, 5.74) is 0.0821. The van der Waals surface area contributed by atoms with Crippen LogP contribution in [0, 0.1) is 5.82 Å². The number of carbonyl (C=O) groups excluding carboxylic acids is 1. The monoisotopic (exact) mass is 226 g/mol. The average molecular weight is 226 g/mol. The molecule has 0 fully saturated rings. The van der Waals surface area contributed by atoms with Gasteiger partial charge < -0.3 is 10.4 Å². The first kappa shape index (κ1) is 12.4. The smallest absolute Gasteiger partial charge is 0.241 e. The van der Waals surface area contributed by atoms with E-state index in [1.807, 2.05) is 0 Å². The van der Waals surface area contributed by atoms with Crippen molar-refractivity contribution < 1.29 is 14.3 Å². The second-order valence-electron chi connectivity index (χ2n) is 3.79. The van der Waals surface area contributed by atoms with Crippen LogP contribution < -0.4 is 5.32 Å². The number of halogens is 1. The number of rotatable bonds is 3. The number of aromatic hydroxyl groups is 1. The van der Waals surface area contributed by atoms with Crippen molar-refractivity contribution in [1.29, 1.82) is 0 Å². The van der Waals surface area contributed by atoms with Gasteiger partial charge >= 0.3 is 0 Å². The van der Waals surface area contributed by atoms with Gasteiger partial charge in [-0.05, 0) is 33.2 Å². The fraction of sp³-hybridized carbons (Fsp3) is 0.364. The van der Waals surface area contributed by atoms with Crippen molar-refractivity contribution in [2.75, 3.05) is 19.4 Å². The van der Waals surface area contributed by atoms with Gasteiger partial charge in [-0.15, -0.1) is 0 Å². The summed E-state index contributed by atoms with van der Waals surface area (Å²) in [5.74, 6) is -0.961. The van der Waals surface area contributed by atoms with Gasteiger partial charge in [0.25, 0.3) is 0 Å². The van der Waals surface area contributed by atoms with E-state index in [1.54, 1.807) is 25.9 Å². The maximum atomic E-state index is 12.9. The van der Waals surface area contributed by atoms with Crippen molar-refractivity contribution in [3.05, 3.63) is 24.0 Å². The van der Waals surface area contributed by atoms with Gasteiger partial charge in [0, 0.05) is 6.07 Å². The zero-order chi connectivity index (χ0) is 12.3. The number of amides is 1. The first-order chi connectivity index (χ1) is 7.41. The molecule has 0 radical (unpaired) electrons. The van der Waals surface area contributed by atoms with Crippen molar-refractivity contribution >= 4 is 11.6 Å². The lowest BCUT2D eigenvalue weighted by Gasteiger charge is -2.19. The molecule has 0 aliphatic heterocycles. The Bertz CT molecular complexity index is 394. The minimum atomic E-state index is -0.509. The molecule has 0 bridgehead atoms. The number of anilines is 1. The third-order valence-electron chi connectivity index (χ3n) is 2.37. The molecule has 5 heteroatoms. The van der Waals surface area contributed by atoms with E-state index in [4.69, 9.17) is 0 Å². The number of hydrogen-bond donors (Lipinski definition) is 2. The summed E-state index contributed by atoms with van der Waals surface area (Å²) in [4.78, 5) is 13.3. The number of hydrogen-bond acceptors (Lipinski definition) is 3. The molecule has 1 atom stereocenters. The van der Waals surface area contributed by atoms with Crippen LogP contribution in [0.25, 0.3) is 0 Å². The number of phenolic OH excluding ortho intramolecular Hbond substituents is 1. The third kappa shape index (κ3) is 2.93. The quantitative estimate of drug-likeness (QED) is 0.766. The van der Waals surface area contributed by atoms with Crippen LogP contribution in [-0.4, -0.2) is 36.1 Å². The van der Waals surface area contributed by atoms with Gasteiger partial charge in [0.15, 0.2) is 0 Å². The lowest BCUT2D eigenvalue weighted by atomic mass is 10.2. The SMILES string of the molecule is C[C@@H](C(=O)Nc1cc(F)ccc1O)N(C)C. The standard InChI is InChI=1S/C11H15FN2O2/c1-7(14(2)3)11(16)13-9-6-8(12)4-5-10(9)15/h4-7,15H,1-3H3,(H,13,16)/t7-/m0/s1. The molecule has 0 unspecified atom stereocenters. The van der Waals surface area contributed by atoms with Crippen LogP contribution in [0.2, 0.25) is 0 Å². The largest absolute Gasteiger partial charge is 0.506 e. The maximum Gasteiger partial charge on any atom is 0.241 e. The Morgan fingerprint density at radius 1 is 1.50 bits per heavy atom. The predicted octanol–water partition coefficient (Wildman–Crippen LogP) is 1.42. The van der Waals surface area contributed by atoms with Gasteiger partial charge in [-0.3, -0.25) is 9.69 Å². The first-order valence-corrected chi connectivity index (χ1v) is 4.87. The average Bonchev–Trinajstić information content (AvgIpc) is 2.22. The Morgan fingerprint density at radius 3 is 2.69 bits per heavy atom. The molecule has 0 heterocycles. The Morgan fingerprint density at radius 2 is 2.12 bits per heavy atom. The summed E-state index contributed by atoms with van der Waals surface area (Å²) < 4.78 is 12.9. The van der Waals surface area contributed by atoms with Crippen LogP contribution in [0.15, 0.2) is 18.2 Å². The fourth-order valence-electron chi connectivity index (χ4n) is 1.08. The highest BCUT2D eigenvalue weighted by Gasteiger charge is 2.16. The Hall–Kier alpha value is -1.62. The highest BCUT2D eigenvalue weighted by molar-refractivity contribution is 5.95. The minimum absolute atomic E-state index is 0.0821. The van der Waals surface area contributed by atoms with Crippen molar-refractivity contribution in [3.63, 3.8) is 0 Å². The highest BCUT2D eigenvalue weighted by Crippen LogP contribution is 2.23. The predicted molar refractivity (Wildman–Crippen MR) is 59.8 cm³/mol. The number of likely N-dealkylation sites (N-methyl/N-ethyl adjacent to an activating group) is 1. The van der Waals surface area contributed by atoms with E-state index in [-0.39, 0.29) is 23.4 Å². The molecule has 2 N–H and O–H groups in total. The topological polar surface area (TPSA) is 52.6 Å². The van der Waals surface area contributed by atoms with Crippen molar-refractivity contribution in [2.45, 2.75) is 13.0 Å². The number of benzene rings is 1. The molecular weight excluding hydrogens is 211 g/mol. The zero-order valence-electron chi connectivity index (χ0n) is 9.49. The molecular formula is C11H15FN2O2. The second-order valence-corrected chi connectivity index (χ2v) is 3.79. The Kier molecular flexibility index (Phi) is 3.84. The van der Waals surface area contributed by atoms with Gasteiger partial charge in [-0.25, -0.2) is 4.39 Å². The van der Waals surface area contributed by atoms with Gasteiger partial charge in [-0.1, -0.05) is 0 Å². The molecule has 0 spiro atoms. The number of nitrogens with zero attached hydrogens (tertiary/aromatic N) is 1. The van der Waals surface area contributed by atoms with Crippen LogP contribution in [0.5, 0.6) is 5.75 Å². The molecule has 0 aliphatic carbocycles. The molecule has 1 aromatic carbocycles. The summed E-state index contributed by atoms with van der Waals surface area (Å²) in [6, 6.07) is 3.05. The van der Waals surface area contributed by atoms with Crippen LogP contribution in [0.1, 0.15) is 6.92 Å². The molecule has 16 heavy (non-hydrogen) atoms. The molecule has 0 saturated carbocycles. The van der Waals surface area contributed by atoms with Gasteiger partial charge in [0.2, 0.25) is 5.91 Å². The third-order valence-corrected chi connectivity index (χ3v) is 2.37. The lowest BCUT2D eigenvalue weighted by molar-refractivity contribution is -0.119. The maximum absolute atomic E-state index is 12.9. The van der Waals surface area contributed by atoms with Crippen molar-refractivity contribution in [3.8, 4) is 5.75 Å². The van der Waals surface area contributed by atoms with E-state index in [1.165, 1.54) is 6.07 Å². The summed E-state index contributed by atoms with van der Waals surface area (Å²) in [5, 5.41) is 11.9. The van der Waals surface area contributed by atoms with E-state index in [0.29, 0.717) is 0 Å². The van der Waals surface area contributed by atoms with Crippen LogP contribution in [-0.2, 0) is 4.79 Å². The summed E-state index contributed by atoms with van der Waals surface area (Å²) in [6.07, 6.45) is 0. The van der Waals surface area contributed by atoms with Crippen LogP contribution in [0.3, 0.4) is 0 Å². The number of phenols is 1. The summed E-state index contributed by atoms with van der Waals surface area (Å²) >= 11 is 0. The highest BCUT2D eigenvalue weighted by atomic mass is 19.1. The van der Waals surface area contributed by atoms with Crippen molar-refractivity contribution in [2.24, 2.45) is 0 Å². The number of carbonyl (C=O) groups is 1. The Balaban J connectivity index is 2.80. The fourth-order valence-corrected chi connectivity index (χ4v) is 1.08. The summed E-state index contributed by atoms with van der Waals surface area (Å²) in [6.45, 7) is 1.71. The lowest BCUT2D eigenvalue weighted by Crippen LogP contribution is -2.37. The van der Waals surface area contributed by atoms with E-state index >= 15 is 0 Å². The second kappa shape index (κ2) is 4.94. The van der Waals surface area contributed by atoms with Crippen LogP contribution >= 0.6 is 0 Å². The molecule has 0 saturated heterocycles. The van der Waals surface area contributed by atoms with Crippen LogP contribution in [0.4, 0.5) is 10.1 Å². The van der Waals surface area contributed by atoms with Gasteiger partial charge in [-0.2, -0.15) is 0 Å². The normalized spacial score (nSPS) is 12.6.